The Labute approximate surface area is 124 Å². The monoisotopic (exact) mass is 275 g/mol. The van der Waals surface area contributed by atoms with E-state index in [0.29, 0.717) is 5.69 Å². The number of hydrogen-bond acceptors (Lipinski definition) is 3. The summed E-state index contributed by atoms with van der Waals surface area (Å²) in [6.07, 6.45) is 0. The minimum Gasteiger partial charge on any atom is -0.397 e. The Morgan fingerprint density at radius 2 is 1.67 bits per heavy atom. The highest BCUT2D eigenvalue weighted by Crippen LogP contribution is 2.33. The number of rotatable bonds is 2. The highest BCUT2D eigenvalue weighted by Gasteiger charge is 2.04. The topological polar surface area (TPSA) is 50.7 Å². The molecule has 0 saturated heterocycles. The Morgan fingerprint density at radius 1 is 0.857 bits per heavy atom. The average molecular weight is 275 g/mol. The minimum absolute atomic E-state index is 0.641. The summed E-state index contributed by atoms with van der Waals surface area (Å²) in [6.45, 7) is 4.10. The third-order valence-corrected chi connectivity index (χ3v) is 3.54. The predicted octanol–water partition coefficient (Wildman–Crippen LogP) is 5.45. The Bertz CT molecular complexity index is 835. The number of benzene rings is 3. The molecule has 3 rings (SSSR count). The number of aryl methyl sites for hydroxylation is 2. The van der Waals surface area contributed by atoms with E-state index in [-0.39, 0.29) is 0 Å². The normalized spacial score (nSPS) is 11.3. The molecule has 2 N–H and O–H groups in total. The van der Waals surface area contributed by atoms with E-state index in [1.54, 1.807) is 0 Å². The number of nitrogens with zero attached hydrogens (tertiary/aromatic N) is 2. The summed E-state index contributed by atoms with van der Waals surface area (Å²) in [5, 5.41) is 10.9. The van der Waals surface area contributed by atoms with Crippen LogP contribution in [0, 0.1) is 13.8 Å². The van der Waals surface area contributed by atoms with Gasteiger partial charge >= 0.3 is 0 Å². The fraction of sp³-hybridized carbons (Fsp3) is 0.111. The summed E-state index contributed by atoms with van der Waals surface area (Å²) in [7, 11) is 0. The molecule has 0 aromatic heterocycles. The second-order valence-corrected chi connectivity index (χ2v) is 5.21. The van der Waals surface area contributed by atoms with Crippen LogP contribution in [0.2, 0.25) is 0 Å². The van der Waals surface area contributed by atoms with Crippen LogP contribution in [0.3, 0.4) is 0 Å². The summed E-state index contributed by atoms with van der Waals surface area (Å²) < 4.78 is 0. The van der Waals surface area contributed by atoms with Crippen molar-refractivity contribution in [1.82, 2.24) is 0 Å². The third-order valence-electron chi connectivity index (χ3n) is 3.54. The zero-order valence-corrected chi connectivity index (χ0v) is 12.2. The average Bonchev–Trinajstić information content (AvgIpc) is 2.48. The molecule has 3 heteroatoms. The van der Waals surface area contributed by atoms with E-state index in [9.17, 15) is 0 Å². The summed E-state index contributed by atoms with van der Waals surface area (Å²) in [5.74, 6) is 0. The number of azo groups is 1. The molecule has 0 aliphatic carbocycles. The SMILES string of the molecule is Cc1ccc(/N=N/c2c(N)ccc3ccccc23)c(C)c1. The summed E-state index contributed by atoms with van der Waals surface area (Å²) in [4.78, 5) is 0. The van der Waals surface area contributed by atoms with Gasteiger partial charge in [0.05, 0.1) is 11.4 Å². The van der Waals surface area contributed by atoms with Crippen LogP contribution in [0.5, 0.6) is 0 Å². The van der Waals surface area contributed by atoms with Crippen LogP contribution in [-0.4, -0.2) is 0 Å². The second kappa shape index (κ2) is 5.37. The summed E-state index contributed by atoms with van der Waals surface area (Å²) in [5.41, 5.74) is 10.6. The molecule has 0 aliphatic heterocycles. The van der Waals surface area contributed by atoms with Gasteiger partial charge in [0, 0.05) is 5.39 Å². The maximum Gasteiger partial charge on any atom is 0.116 e. The van der Waals surface area contributed by atoms with Gasteiger partial charge < -0.3 is 5.73 Å². The van der Waals surface area contributed by atoms with Crippen molar-refractivity contribution in [3.05, 3.63) is 65.7 Å². The van der Waals surface area contributed by atoms with Crippen molar-refractivity contribution in [2.75, 3.05) is 5.73 Å². The predicted molar refractivity (Wildman–Crippen MR) is 88.5 cm³/mol. The van der Waals surface area contributed by atoms with Gasteiger partial charge in [-0.25, -0.2) is 0 Å². The number of hydrogen-bond donors (Lipinski definition) is 1. The highest BCUT2D eigenvalue weighted by molar-refractivity contribution is 5.97. The van der Waals surface area contributed by atoms with E-state index in [2.05, 4.69) is 23.2 Å². The number of anilines is 1. The van der Waals surface area contributed by atoms with E-state index in [1.165, 1.54) is 5.56 Å². The first-order valence-corrected chi connectivity index (χ1v) is 6.91. The van der Waals surface area contributed by atoms with Gasteiger partial charge in [-0.1, -0.05) is 48.0 Å². The van der Waals surface area contributed by atoms with Gasteiger partial charge in [-0.3, -0.25) is 0 Å². The van der Waals surface area contributed by atoms with Crippen LogP contribution in [0.25, 0.3) is 10.8 Å². The van der Waals surface area contributed by atoms with Gasteiger partial charge in [0.2, 0.25) is 0 Å². The van der Waals surface area contributed by atoms with Gasteiger partial charge in [-0.2, -0.15) is 5.11 Å². The van der Waals surface area contributed by atoms with Crippen molar-refractivity contribution in [2.45, 2.75) is 13.8 Å². The fourth-order valence-electron chi connectivity index (χ4n) is 2.41. The molecule has 3 aromatic carbocycles. The van der Waals surface area contributed by atoms with Crippen LogP contribution in [-0.2, 0) is 0 Å². The van der Waals surface area contributed by atoms with Crippen LogP contribution < -0.4 is 5.73 Å². The molecule has 0 heterocycles. The summed E-state index contributed by atoms with van der Waals surface area (Å²) >= 11 is 0. The maximum absolute atomic E-state index is 6.06. The lowest BCUT2D eigenvalue weighted by atomic mass is 10.1. The zero-order valence-electron chi connectivity index (χ0n) is 12.2. The molecule has 0 bridgehead atoms. The van der Waals surface area contributed by atoms with E-state index >= 15 is 0 Å². The van der Waals surface area contributed by atoms with Crippen LogP contribution in [0.15, 0.2) is 64.8 Å². The quantitative estimate of drug-likeness (QED) is 0.490. The van der Waals surface area contributed by atoms with Crippen molar-refractivity contribution in [1.29, 1.82) is 0 Å². The molecule has 0 unspecified atom stereocenters. The first kappa shape index (κ1) is 13.3. The van der Waals surface area contributed by atoms with E-state index in [1.807, 2.05) is 55.5 Å². The molecular formula is C18H17N3. The number of nitrogens with two attached hydrogens (primary N) is 1. The molecule has 0 amide bonds. The Balaban J connectivity index is 2.09. The lowest BCUT2D eigenvalue weighted by Gasteiger charge is -2.05. The number of fused-ring (bicyclic) bond motifs is 1. The van der Waals surface area contributed by atoms with Crippen molar-refractivity contribution in [3.63, 3.8) is 0 Å². The van der Waals surface area contributed by atoms with Gasteiger partial charge in [-0.15, -0.1) is 5.11 Å². The van der Waals surface area contributed by atoms with E-state index in [0.717, 1.165) is 27.7 Å². The smallest absolute Gasteiger partial charge is 0.116 e. The second-order valence-electron chi connectivity index (χ2n) is 5.21. The van der Waals surface area contributed by atoms with Crippen LogP contribution in [0.4, 0.5) is 17.1 Å². The molecule has 21 heavy (non-hydrogen) atoms. The third kappa shape index (κ3) is 2.63. The molecule has 3 nitrogen and oxygen atoms in total. The highest BCUT2D eigenvalue weighted by atomic mass is 15.1. The molecule has 0 aliphatic rings. The van der Waals surface area contributed by atoms with Crippen molar-refractivity contribution in [3.8, 4) is 0 Å². The Kier molecular flexibility index (Phi) is 3.40. The Morgan fingerprint density at radius 3 is 2.48 bits per heavy atom. The molecule has 0 atom stereocenters. The molecule has 0 spiro atoms. The molecule has 0 fully saturated rings. The van der Waals surface area contributed by atoms with Crippen molar-refractivity contribution < 1.29 is 0 Å². The molecular weight excluding hydrogens is 258 g/mol. The van der Waals surface area contributed by atoms with Gasteiger partial charge in [0.15, 0.2) is 0 Å². The first-order chi connectivity index (χ1) is 10.1. The molecule has 3 aromatic rings. The van der Waals surface area contributed by atoms with Crippen LogP contribution in [0.1, 0.15) is 11.1 Å². The minimum atomic E-state index is 0.641. The summed E-state index contributed by atoms with van der Waals surface area (Å²) in [6, 6.07) is 18.0. The van der Waals surface area contributed by atoms with Gasteiger partial charge in [-0.05, 0) is 36.9 Å². The fourth-order valence-corrected chi connectivity index (χ4v) is 2.41. The van der Waals surface area contributed by atoms with Gasteiger partial charge in [0.1, 0.15) is 5.69 Å². The molecule has 0 saturated carbocycles. The first-order valence-electron chi connectivity index (χ1n) is 6.91. The zero-order chi connectivity index (χ0) is 14.8. The standard InChI is InChI=1S/C18H17N3/c1-12-7-10-17(13(2)11-12)20-21-18-15-6-4-3-5-14(15)8-9-16(18)19/h3-11H,19H2,1-2H3/b21-20+. The van der Waals surface area contributed by atoms with E-state index < -0.39 is 0 Å². The molecule has 0 radical (unpaired) electrons. The lowest BCUT2D eigenvalue weighted by molar-refractivity contribution is 1.21. The Hall–Kier alpha value is -2.68. The van der Waals surface area contributed by atoms with E-state index in [4.69, 9.17) is 5.73 Å². The van der Waals surface area contributed by atoms with Crippen molar-refractivity contribution >= 4 is 27.8 Å². The number of nitrogen functional groups attached to an aromatic ring is 1. The van der Waals surface area contributed by atoms with Gasteiger partial charge in [0.25, 0.3) is 0 Å². The lowest BCUT2D eigenvalue weighted by Crippen LogP contribution is -1.86. The largest absolute Gasteiger partial charge is 0.397 e. The van der Waals surface area contributed by atoms with Crippen LogP contribution >= 0.6 is 0 Å². The van der Waals surface area contributed by atoms with Crippen molar-refractivity contribution in [2.24, 2.45) is 10.2 Å². The molecule has 104 valence electrons. The maximum atomic E-state index is 6.06.